The fourth-order valence-electron chi connectivity index (χ4n) is 3.36. The van der Waals surface area contributed by atoms with Gasteiger partial charge in [-0.3, -0.25) is 4.98 Å². The molecule has 2 atom stereocenters. The van der Waals surface area contributed by atoms with Crippen LogP contribution in [0.5, 0.6) is 0 Å². The summed E-state index contributed by atoms with van der Waals surface area (Å²) in [5.41, 5.74) is 8.36. The minimum absolute atomic E-state index is 0.327. The lowest BCUT2D eigenvalue weighted by Crippen LogP contribution is -2.50. The summed E-state index contributed by atoms with van der Waals surface area (Å²) in [6, 6.07) is 9.31. The molecule has 8 heteroatoms. The number of rotatable bonds is 3. The molecule has 1 aliphatic rings. The number of nitrogens with zero attached hydrogens (tertiary/aromatic N) is 5. The first kappa shape index (κ1) is 17.4. The van der Waals surface area contributed by atoms with Crippen molar-refractivity contribution in [3.63, 3.8) is 0 Å². The van der Waals surface area contributed by atoms with Crippen molar-refractivity contribution in [2.45, 2.75) is 25.2 Å². The molecular formula is C19H18F2N6. The largest absolute Gasteiger partial charge is 0.340 e. The maximum absolute atomic E-state index is 13.8. The third-order valence-electron chi connectivity index (χ3n) is 4.82. The van der Waals surface area contributed by atoms with Crippen LogP contribution in [0.2, 0.25) is 0 Å². The molecule has 1 fully saturated rings. The second kappa shape index (κ2) is 6.93. The average molecular weight is 368 g/mol. The Kier molecular flexibility index (Phi) is 4.46. The average Bonchev–Trinajstić information content (AvgIpc) is 3.02. The van der Waals surface area contributed by atoms with E-state index in [-0.39, 0.29) is 5.82 Å². The van der Waals surface area contributed by atoms with E-state index >= 15 is 0 Å². The molecule has 0 spiro atoms. The number of anilines is 1. The van der Waals surface area contributed by atoms with Crippen LogP contribution < -0.4 is 10.6 Å². The molecule has 0 aliphatic carbocycles. The van der Waals surface area contributed by atoms with E-state index < -0.39 is 12.2 Å². The van der Waals surface area contributed by atoms with Gasteiger partial charge in [0.05, 0.1) is 34.9 Å². The van der Waals surface area contributed by atoms with Crippen molar-refractivity contribution in [1.82, 2.24) is 14.5 Å². The van der Waals surface area contributed by atoms with Crippen molar-refractivity contribution in [1.29, 1.82) is 5.26 Å². The van der Waals surface area contributed by atoms with Crippen LogP contribution >= 0.6 is 0 Å². The zero-order valence-electron chi connectivity index (χ0n) is 14.5. The van der Waals surface area contributed by atoms with Gasteiger partial charge in [0.25, 0.3) is 0 Å². The quantitative estimate of drug-likeness (QED) is 0.767. The molecule has 1 aromatic carbocycles. The summed E-state index contributed by atoms with van der Waals surface area (Å²) in [5.74, 6) is 0.256. The van der Waals surface area contributed by atoms with Gasteiger partial charge in [-0.15, -0.1) is 0 Å². The number of benzene rings is 1. The number of aromatic nitrogens is 3. The SMILES string of the molecule is N#Cc1ccc(Cn2c(N3CC[C@@H](F)[C@H](N)C3)nc3ccc(F)cc32)nc1. The lowest BCUT2D eigenvalue weighted by atomic mass is 10.1. The van der Waals surface area contributed by atoms with E-state index in [0.29, 0.717) is 54.3 Å². The Morgan fingerprint density at radius 1 is 1.30 bits per heavy atom. The van der Waals surface area contributed by atoms with Crippen molar-refractivity contribution in [2.75, 3.05) is 18.0 Å². The summed E-state index contributed by atoms with van der Waals surface area (Å²) in [4.78, 5) is 10.9. The number of hydrogen-bond acceptors (Lipinski definition) is 5. The van der Waals surface area contributed by atoms with Crippen LogP contribution in [0.3, 0.4) is 0 Å². The topological polar surface area (TPSA) is 83.8 Å². The Hall–Kier alpha value is -3.05. The zero-order chi connectivity index (χ0) is 19.0. The third kappa shape index (κ3) is 3.34. The summed E-state index contributed by atoms with van der Waals surface area (Å²) in [6.07, 6.45) is 0.796. The van der Waals surface area contributed by atoms with Crippen molar-refractivity contribution >= 4 is 17.0 Å². The summed E-state index contributed by atoms with van der Waals surface area (Å²) < 4.78 is 29.5. The number of piperidine rings is 1. The number of nitrogens with two attached hydrogens (primary N) is 1. The maximum Gasteiger partial charge on any atom is 0.206 e. The van der Waals surface area contributed by atoms with Crippen molar-refractivity contribution in [2.24, 2.45) is 5.73 Å². The van der Waals surface area contributed by atoms with Gasteiger partial charge in [0.15, 0.2) is 0 Å². The minimum atomic E-state index is -1.03. The molecule has 6 nitrogen and oxygen atoms in total. The van der Waals surface area contributed by atoms with Gasteiger partial charge in [0.1, 0.15) is 18.1 Å². The van der Waals surface area contributed by atoms with E-state index in [1.807, 2.05) is 15.5 Å². The number of halogens is 2. The summed E-state index contributed by atoms with van der Waals surface area (Å²) >= 11 is 0. The first-order valence-corrected chi connectivity index (χ1v) is 8.70. The molecule has 1 saturated heterocycles. The highest BCUT2D eigenvalue weighted by molar-refractivity contribution is 5.79. The minimum Gasteiger partial charge on any atom is -0.340 e. The fourth-order valence-corrected chi connectivity index (χ4v) is 3.36. The van der Waals surface area contributed by atoms with Crippen molar-refractivity contribution in [3.05, 3.63) is 53.6 Å². The third-order valence-corrected chi connectivity index (χ3v) is 4.82. The van der Waals surface area contributed by atoms with Crippen molar-refractivity contribution < 1.29 is 8.78 Å². The van der Waals surface area contributed by atoms with Gasteiger partial charge >= 0.3 is 0 Å². The Labute approximate surface area is 154 Å². The number of nitriles is 1. The number of alkyl halides is 1. The van der Waals surface area contributed by atoms with Crippen LogP contribution in [0.15, 0.2) is 36.5 Å². The van der Waals surface area contributed by atoms with Crippen LogP contribution in [0.4, 0.5) is 14.7 Å². The molecule has 0 bridgehead atoms. The molecule has 27 heavy (non-hydrogen) atoms. The molecule has 4 rings (SSSR count). The molecular weight excluding hydrogens is 350 g/mol. The highest BCUT2D eigenvalue weighted by Crippen LogP contribution is 2.27. The Morgan fingerprint density at radius 3 is 2.85 bits per heavy atom. The van der Waals surface area contributed by atoms with E-state index in [9.17, 15) is 8.78 Å². The van der Waals surface area contributed by atoms with E-state index in [2.05, 4.69) is 9.97 Å². The molecule has 2 N–H and O–H groups in total. The Morgan fingerprint density at radius 2 is 2.15 bits per heavy atom. The van der Waals surface area contributed by atoms with Crippen LogP contribution in [-0.2, 0) is 6.54 Å². The van der Waals surface area contributed by atoms with Gasteiger partial charge in [0, 0.05) is 19.3 Å². The summed E-state index contributed by atoms with van der Waals surface area (Å²) in [5, 5.41) is 8.92. The molecule has 0 amide bonds. The second-order valence-electron chi connectivity index (χ2n) is 6.70. The van der Waals surface area contributed by atoms with Crippen LogP contribution in [-0.4, -0.2) is 39.8 Å². The summed E-state index contributed by atoms with van der Waals surface area (Å²) in [6.45, 7) is 1.18. The van der Waals surface area contributed by atoms with E-state index in [0.717, 1.165) is 0 Å². The molecule has 1 aliphatic heterocycles. The second-order valence-corrected chi connectivity index (χ2v) is 6.70. The monoisotopic (exact) mass is 368 g/mol. The van der Waals surface area contributed by atoms with Gasteiger partial charge in [-0.05, 0) is 36.8 Å². The number of pyridine rings is 1. The highest BCUT2D eigenvalue weighted by atomic mass is 19.1. The smallest absolute Gasteiger partial charge is 0.206 e. The first-order chi connectivity index (χ1) is 13.0. The molecule has 0 unspecified atom stereocenters. The molecule has 0 saturated carbocycles. The normalized spacial score (nSPS) is 20.0. The fraction of sp³-hybridized carbons (Fsp3) is 0.316. The van der Waals surface area contributed by atoms with E-state index in [1.165, 1.54) is 18.3 Å². The van der Waals surface area contributed by atoms with Gasteiger partial charge in [-0.25, -0.2) is 13.8 Å². The van der Waals surface area contributed by atoms with Gasteiger partial charge in [-0.2, -0.15) is 5.26 Å². The Balaban J connectivity index is 1.76. The highest BCUT2D eigenvalue weighted by Gasteiger charge is 2.29. The lowest BCUT2D eigenvalue weighted by Gasteiger charge is -2.34. The summed E-state index contributed by atoms with van der Waals surface area (Å²) in [7, 11) is 0. The molecule has 0 radical (unpaired) electrons. The maximum atomic E-state index is 13.8. The molecule has 2 aromatic heterocycles. The zero-order valence-corrected chi connectivity index (χ0v) is 14.5. The van der Waals surface area contributed by atoms with Crippen LogP contribution in [0, 0.1) is 17.1 Å². The number of fused-ring (bicyclic) bond motifs is 1. The van der Waals surface area contributed by atoms with Gasteiger partial charge < -0.3 is 15.2 Å². The molecule has 138 valence electrons. The van der Waals surface area contributed by atoms with E-state index in [1.54, 1.807) is 18.2 Å². The predicted octanol–water partition coefficient (Wildman–Crippen LogP) is 2.37. The first-order valence-electron chi connectivity index (χ1n) is 8.70. The number of hydrogen-bond donors (Lipinski definition) is 1. The molecule has 3 aromatic rings. The van der Waals surface area contributed by atoms with Crippen LogP contribution in [0.25, 0.3) is 11.0 Å². The predicted molar refractivity (Wildman–Crippen MR) is 97.4 cm³/mol. The number of imidazole rings is 1. The van der Waals surface area contributed by atoms with E-state index in [4.69, 9.17) is 11.0 Å². The van der Waals surface area contributed by atoms with Crippen LogP contribution in [0.1, 0.15) is 17.7 Å². The van der Waals surface area contributed by atoms with Gasteiger partial charge in [-0.1, -0.05) is 0 Å². The standard InChI is InChI=1S/C19H18F2N6/c20-13-2-4-17-18(7-13)27(10-14-3-1-12(8-22)9-24-14)19(25-17)26-6-5-15(21)16(23)11-26/h1-4,7,9,15-16H,5-6,10-11,23H2/t15-,16-/m1/s1. The molecule has 3 heterocycles. The Bertz CT molecular complexity index is 1010. The lowest BCUT2D eigenvalue weighted by molar-refractivity contribution is 0.243. The van der Waals surface area contributed by atoms with Crippen molar-refractivity contribution in [3.8, 4) is 6.07 Å². The van der Waals surface area contributed by atoms with Gasteiger partial charge in [0.2, 0.25) is 5.95 Å².